The minimum absolute atomic E-state index is 0.471. The Labute approximate surface area is 110 Å². The van der Waals surface area contributed by atoms with Crippen molar-refractivity contribution in [2.24, 2.45) is 7.05 Å². The molecule has 2 aromatic rings. The first-order chi connectivity index (χ1) is 7.88. The third kappa shape index (κ3) is 2.62. The van der Waals surface area contributed by atoms with Gasteiger partial charge in [-0.3, -0.25) is 0 Å². The molecule has 2 nitrogen and oxygen atoms in total. The Hall–Kier alpha value is -1.05. The Kier molecular flexibility index (Phi) is 3.15. The van der Waals surface area contributed by atoms with Gasteiger partial charge in [-0.1, -0.05) is 12.1 Å². The lowest BCUT2D eigenvalue weighted by atomic mass is 10.1. The van der Waals surface area contributed by atoms with Crippen LogP contribution in [0, 0.1) is 3.83 Å². The molecule has 6 heteroatoms. The number of aryl methyl sites for hydroxylation is 1. The number of hydrogen-bond donors (Lipinski definition) is 0. The molecule has 0 aliphatic rings. The second kappa shape index (κ2) is 4.32. The van der Waals surface area contributed by atoms with E-state index in [0.717, 1.165) is 16.0 Å². The first-order valence-corrected chi connectivity index (χ1v) is 5.82. The number of rotatable bonds is 1. The van der Waals surface area contributed by atoms with Crippen LogP contribution in [-0.2, 0) is 13.2 Å². The second-order valence-corrected chi connectivity index (χ2v) is 4.55. The van der Waals surface area contributed by atoms with Gasteiger partial charge in [-0.05, 0) is 34.7 Å². The van der Waals surface area contributed by atoms with Crippen LogP contribution in [0.1, 0.15) is 5.56 Å². The van der Waals surface area contributed by atoms with E-state index in [0.29, 0.717) is 11.3 Å². The van der Waals surface area contributed by atoms with Crippen molar-refractivity contribution in [3.8, 4) is 11.3 Å². The van der Waals surface area contributed by atoms with Crippen molar-refractivity contribution >= 4 is 22.6 Å². The molecule has 0 unspecified atom stereocenters. The molecule has 17 heavy (non-hydrogen) atoms. The van der Waals surface area contributed by atoms with Crippen LogP contribution in [0.2, 0.25) is 0 Å². The number of alkyl halides is 3. The van der Waals surface area contributed by atoms with Crippen LogP contribution >= 0.6 is 22.6 Å². The highest BCUT2D eigenvalue weighted by atomic mass is 127. The van der Waals surface area contributed by atoms with Gasteiger partial charge in [0.2, 0.25) is 0 Å². The topological polar surface area (TPSA) is 17.8 Å². The Balaban J connectivity index is 2.47. The Morgan fingerprint density at radius 2 is 2.00 bits per heavy atom. The van der Waals surface area contributed by atoms with E-state index in [1.165, 1.54) is 6.07 Å². The average molecular weight is 352 g/mol. The quantitative estimate of drug-likeness (QED) is 0.716. The zero-order valence-electron chi connectivity index (χ0n) is 8.79. The van der Waals surface area contributed by atoms with Crippen molar-refractivity contribution < 1.29 is 13.2 Å². The van der Waals surface area contributed by atoms with Crippen molar-refractivity contribution in [3.05, 3.63) is 39.9 Å². The molecule has 1 aromatic carbocycles. The fraction of sp³-hybridized carbons (Fsp3) is 0.182. The van der Waals surface area contributed by atoms with Gasteiger partial charge in [-0.25, -0.2) is 4.98 Å². The normalized spacial score (nSPS) is 11.8. The van der Waals surface area contributed by atoms with Gasteiger partial charge >= 0.3 is 6.18 Å². The fourth-order valence-corrected chi connectivity index (χ4v) is 1.84. The summed E-state index contributed by atoms with van der Waals surface area (Å²) in [4.78, 5) is 4.19. The van der Waals surface area contributed by atoms with Gasteiger partial charge in [0.25, 0.3) is 0 Å². The summed E-state index contributed by atoms with van der Waals surface area (Å²) in [6.07, 6.45) is -2.62. The molecule has 0 N–H and O–H groups in total. The maximum Gasteiger partial charge on any atom is 0.416 e. The van der Waals surface area contributed by atoms with E-state index in [9.17, 15) is 13.2 Å². The first-order valence-electron chi connectivity index (χ1n) is 4.74. The molecule has 0 fully saturated rings. The minimum atomic E-state index is -4.32. The summed E-state index contributed by atoms with van der Waals surface area (Å²) in [5.74, 6) is 0. The minimum Gasteiger partial charge on any atom is -0.329 e. The predicted octanol–water partition coefficient (Wildman–Crippen LogP) is 3.71. The second-order valence-electron chi connectivity index (χ2n) is 3.58. The molecule has 2 rings (SSSR count). The van der Waals surface area contributed by atoms with E-state index in [4.69, 9.17) is 0 Å². The van der Waals surface area contributed by atoms with E-state index in [1.54, 1.807) is 23.9 Å². The van der Waals surface area contributed by atoms with Crippen LogP contribution in [0.5, 0.6) is 0 Å². The van der Waals surface area contributed by atoms with Crippen LogP contribution in [0.25, 0.3) is 11.3 Å². The zero-order valence-corrected chi connectivity index (χ0v) is 11.0. The predicted molar refractivity (Wildman–Crippen MR) is 66.4 cm³/mol. The molecule has 0 aliphatic carbocycles. The summed E-state index contributed by atoms with van der Waals surface area (Å²) in [6, 6.07) is 5.17. The van der Waals surface area contributed by atoms with Gasteiger partial charge < -0.3 is 4.57 Å². The first kappa shape index (κ1) is 12.4. The largest absolute Gasteiger partial charge is 0.416 e. The molecule has 0 aliphatic heterocycles. The Bertz CT molecular complexity index is 526. The maximum absolute atomic E-state index is 12.5. The molecule has 0 saturated heterocycles. The van der Waals surface area contributed by atoms with Crippen molar-refractivity contribution in [3.63, 3.8) is 0 Å². The molecular formula is C11H8F3IN2. The number of benzene rings is 1. The maximum atomic E-state index is 12.5. The van der Waals surface area contributed by atoms with E-state index in [2.05, 4.69) is 4.98 Å². The standard InChI is InChI=1S/C11H8F3IN2/c1-17-6-9(16-10(17)15)7-3-2-4-8(5-7)11(12,13)14/h2-6H,1H3. The van der Waals surface area contributed by atoms with Gasteiger partial charge in [0, 0.05) is 18.8 Å². The highest BCUT2D eigenvalue weighted by molar-refractivity contribution is 14.1. The smallest absolute Gasteiger partial charge is 0.329 e. The summed E-state index contributed by atoms with van der Waals surface area (Å²) in [5.41, 5.74) is 0.358. The number of aromatic nitrogens is 2. The molecule has 90 valence electrons. The van der Waals surface area contributed by atoms with Crippen molar-refractivity contribution in [2.45, 2.75) is 6.18 Å². The van der Waals surface area contributed by atoms with Crippen LogP contribution in [0.4, 0.5) is 13.2 Å². The number of nitrogens with zero attached hydrogens (tertiary/aromatic N) is 2. The molecular weight excluding hydrogens is 344 g/mol. The number of imidazole rings is 1. The van der Waals surface area contributed by atoms with Crippen LogP contribution in [0.15, 0.2) is 30.5 Å². The Morgan fingerprint density at radius 3 is 2.53 bits per heavy atom. The number of hydrogen-bond acceptors (Lipinski definition) is 1. The zero-order chi connectivity index (χ0) is 12.6. The van der Waals surface area contributed by atoms with Crippen LogP contribution in [0.3, 0.4) is 0 Å². The van der Waals surface area contributed by atoms with E-state index in [-0.39, 0.29) is 0 Å². The average Bonchev–Trinajstić information content (AvgIpc) is 2.58. The lowest BCUT2D eigenvalue weighted by Crippen LogP contribution is -2.04. The molecule has 0 saturated carbocycles. The van der Waals surface area contributed by atoms with Gasteiger partial charge in [0.15, 0.2) is 3.83 Å². The van der Waals surface area contributed by atoms with E-state index in [1.807, 2.05) is 22.6 Å². The van der Waals surface area contributed by atoms with Crippen molar-refractivity contribution in [1.29, 1.82) is 0 Å². The SMILES string of the molecule is Cn1cc(-c2cccc(C(F)(F)F)c2)nc1I. The van der Waals surface area contributed by atoms with Crippen molar-refractivity contribution in [2.75, 3.05) is 0 Å². The van der Waals surface area contributed by atoms with Gasteiger partial charge in [-0.15, -0.1) is 0 Å². The lowest BCUT2D eigenvalue weighted by Gasteiger charge is -2.07. The van der Waals surface area contributed by atoms with Gasteiger partial charge in [0.05, 0.1) is 11.3 Å². The van der Waals surface area contributed by atoms with E-state index >= 15 is 0 Å². The van der Waals surface area contributed by atoms with Crippen LogP contribution < -0.4 is 0 Å². The third-order valence-electron chi connectivity index (χ3n) is 2.31. The summed E-state index contributed by atoms with van der Waals surface area (Å²) in [5, 5.41) is 0. The van der Waals surface area contributed by atoms with E-state index < -0.39 is 11.7 Å². The van der Waals surface area contributed by atoms with Gasteiger partial charge in [0.1, 0.15) is 0 Å². The molecule has 0 bridgehead atoms. The monoisotopic (exact) mass is 352 g/mol. The molecule has 0 radical (unpaired) electrons. The molecule has 1 heterocycles. The van der Waals surface area contributed by atoms with Gasteiger partial charge in [-0.2, -0.15) is 13.2 Å². The highest BCUT2D eigenvalue weighted by Gasteiger charge is 2.30. The number of halogens is 4. The van der Waals surface area contributed by atoms with Crippen molar-refractivity contribution in [1.82, 2.24) is 9.55 Å². The fourth-order valence-electron chi connectivity index (χ4n) is 1.44. The summed E-state index contributed by atoms with van der Waals surface area (Å²) < 4.78 is 40.1. The van der Waals surface area contributed by atoms with Crippen LogP contribution in [-0.4, -0.2) is 9.55 Å². The lowest BCUT2D eigenvalue weighted by molar-refractivity contribution is -0.137. The molecule has 0 spiro atoms. The molecule has 0 amide bonds. The molecule has 1 aromatic heterocycles. The highest BCUT2D eigenvalue weighted by Crippen LogP contribution is 2.31. The third-order valence-corrected chi connectivity index (χ3v) is 3.31. The summed E-state index contributed by atoms with van der Waals surface area (Å²) in [7, 11) is 1.80. The molecule has 0 atom stereocenters. The Morgan fingerprint density at radius 1 is 1.29 bits per heavy atom. The summed E-state index contributed by atoms with van der Waals surface area (Å²) >= 11 is 2.03. The summed E-state index contributed by atoms with van der Waals surface area (Å²) in [6.45, 7) is 0.